The minimum Gasteiger partial charge on any atom is -0.450 e. The maximum atomic E-state index is 11.8. The van der Waals surface area contributed by atoms with Gasteiger partial charge in [0.05, 0.1) is 13.2 Å². The van der Waals surface area contributed by atoms with E-state index in [1.165, 1.54) is 0 Å². The number of benzene rings is 1. The summed E-state index contributed by atoms with van der Waals surface area (Å²) in [5, 5.41) is 0. The van der Waals surface area contributed by atoms with E-state index in [0.717, 1.165) is 17.5 Å². The lowest BCUT2D eigenvalue weighted by molar-refractivity contribution is 0.101. The second-order valence-corrected chi connectivity index (χ2v) is 4.59. The van der Waals surface area contributed by atoms with Gasteiger partial charge in [-0.15, -0.1) is 0 Å². The number of nitrogens with zero attached hydrogens (tertiary/aromatic N) is 1. The number of rotatable bonds is 3. The van der Waals surface area contributed by atoms with Crippen molar-refractivity contribution in [1.29, 1.82) is 0 Å². The minimum atomic E-state index is -0.726. The van der Waals surface area contributed by atoms with Crippen molar-refractivity contribution in [3.05, 3.63) is 29.3 Å². The van der Waals surface area contributed by atoms with Gasteiger partial charge in [-0.3, -0.25) is 0 Å². The maximum Gasteiger partial charge on any atom is 0.513 e. The van der Waals surface area contributed by atoms with Gasteiger partial charge in [-0.05, 0) is 43.5 Å². The molecule has 0 saturated carbocycles. The van der Waals surface area contributed by atoms with Gasteiger partial charge >= 0.3 is 12.2 Å². The predicted molar refractivity (Wildman–Crippen MR) is 75.2 cm³/mol. The van der Waals surface area contributed by atoms with Crippen LogP contribution in [0.15, 0.2) is 18.2 Å². The summed E-state index contributed by atoms with van der Waals surface area (Å²) in [4.78, 5) is 24.7. The molecule has 0 N–H and O–H groups in total. The van der Waals surface area contributed by atoms with Crippen molar-refractivity contribution in [1.82, 2.24) is 4.90 Å². The molecule has 0 atom stereocenters. The van der Waals surface area contributed by atoms with Crippen LogP contribution in [0, 0.1) is 0 Å². The Labute approximate surface area is 123 Å². The molecule has 114 valence electrons. The highest BCUT2D eigenvalue weighted by Crippen LogP contribution is 2.24. The summed E-state index contributed by atoms with van der Waals surface area (Å²) in [6.45, 7) is 5.19. The second-order valence-electron chi connectivity index (χ2n) is 4.59. The molecule has 0 bridgehead atoms. The van der Waals surface area contributed by atoms with Gasteiger partial charge < -0.3 is 19.1 Å². The van der Waals surface area contributed by atoms with Crippen LogP contribution in [0.4, 0.5) is 9.59 Å². The van der Waals surface area contributed by atoms with Crippen molar-refractivity contribution in [3.8, 4) is 5.75 Å². The van der Waals surface area contributed by atoms with E-state index >= 15 is 0 Å². The average Bonchev–Trinajstić information content (AvgIpc) is 2.47. The number of carbonyl (C=O) groups excluding carboxylic acids is 2. The van der Waals surface area contributed by atoms with E-state index in [1.54, 1.807) is 30.9 Å². The summed E-state index contributed by atoms with van der Waals surface area (Å²) in [5.41, 5.74) is 2.10. The predicted octanol–water partition coefficient (Wildman–Crippen LogP) is 2.74. The number of fused-ring (bicyclic) bond motifs is 1. The fourth-order valence-corrected chi connectivity index (χ4v) is 2.21. The van der Waals surface area contributed by atoms with E-state index < -0.39 is 6.16 Å². The molecule has 21 heavy (non-hydrogen) atoms. The molecule has 0 aliphatic carbocycles. The van der Waals surface area contributed by atoms with Crippen LogP contribution < -0.4 is 4.74 Å². The largest absolute Gasteiger partial charge is 0.513 e. The van der Waals surface area contributed by atoms with Crippen LogP contribution in [-0.2, 0) is 22.4 Å². The lowest BCUT2D eigenvalue weighted by Crippen LogP contribution is -2.36. The highest BCUT2D eigenvalue weighted by molar-refractivity contribution is 5.68. The van der Waals surface area contributed by atoms with Crippen LogP contribution in [0.3, 0.4) is 0 Å². The Morgan fingerprint density at radius 1 is 1.14 bits per heavy atom. The molecule has 0 saturated heterocycles. The third-order valence-corrected chi connectivity index (χ3v) is 3.18. The molecule has 0 spiro atoms. The van der Waals surface area contributed by atoms with Crippen molar-refractivity contribution in [3.63, 3.8) is 0 Å². The smallest absolute Gasteiger partial charge is 0.450 e. The molecule has 2 rings (SSSR count). The quantitative estimate of drug-likeness (QED) is 0.633. The van der Waals surface area contributed by atoms with Gasteiger partial charge in [0.1, 0.15) is 5.75 Å². The number of carbonyl (C=O) groups is 2. The third-order valence-electron chi connectivity index (χ3n) is 3.18. The van der Waals surface area contributed by atoms with Crippen molar-refractivity contribution in [2.45, 2.75) is 26.8 Å². The van der Waals surface area contributed by atoms with Gasteiger partial charge in [0, 0.05) is 13.1 Å². The third kappa shape index (κ3) is 3.87. The number of hydrogen-bond acceptors (Lipinski definition) is 5. The summed E-state index contributed by atoms with van der Waals surface area (Å²) in [7, 11) is 0. The minimum absolute atomic E-state index is 0.264. The normalized spacial score (nSPS) is 13.3. The highest BCUT2D eigenvalue weighted by atomic mass is 16.7. The van der Waals surface area contributed by atoms with E-state index in [9.17, 15) is 9.59 Å². The van der Waals surface area contributed by atoms with E-state index in [0.29, 0.717) is 25.4 Å². The van der Waals surface area contributed by atoms with Crippen LogP contribution in [0.5, 0.6) is 5.75 Å². The molecule has 0 aromatic heterocycles. The number of ether oxygens (including phenoxy) is 3. The van der Waals surface area contributed by atoms with Crippen molar-refractivity contribution < 1.29 is 23.8 Å². The van der Waals surface area contributed by atoms with Crippen molar-refractivity contribution >= 4 is 12.2 Å². The molecule has 6 heteroatoms. The van der Waals surface area contributed by atoms with E-state index in [-0.39, 0.29) is 12.7 Å². The molecule has 1 aliphatic rings. The summed E-state index contributed by atoms with van der Waals surface area (Å²) >= 11 is 0. The molecule has 1 amide bonds. The average molecular weight is 293 g/mol. The van der Waals surface area contributed by atoms with E-state index in [1.807, 2.05) is 6.07 Å². The Balaban J connectivity index is 2.07. The molecule has 1 aromatic rings. The van der Waals surface area contributed by atoms with Crippen LogP contribution in [0.2, 0.25) is 0 Å². The Kier molecular flexibility index (Phi) is 5.03. The second kappa shape index (κ2) is 6.97. The van der Waals surface area contributed by atoms with Gasteiger partial charge in [-0.2, -0.15) is 0 Å². The van der Waals surface area contributed by atoms with Crippen molar-refractivity contribution in [2.75, 3.05) is 19.8 Å². The first-order chi connectivity index (χ1) is 10.1. The lowest BCUT2D eigenvalue weighted by atomic mass is 10.00. The molecule has 1 aliphatic heterocycles. The zero-order valence-electron chi connectivity index (χ0n) is 12.3. The highest BCUT2D eigenvalue weighted by Gasteiger charge is 2.22. The summed E-state index contributed by atoms with van der Waals surface area (Å²) in [5.74, 6) is 0.415. The Hall–Kier alpha value is -2.24. The van der Waals surface area contributed by atoms with Gasteiger partial charge in [0.15, 0.2) is 0 Å². The number of hydrogen-bond donors (Lipinski definition) is 0. The molecule has 6 nitrogen and oxygen atoms in total. The van der Waals surface area contributed by atoms with Crippen LogP contribution in [0.25, 0.3) is 0 Å². The molecular weight excluding hydrogens is 274 g/mol. The van der Waals surface area contributed by atoms with Crippen molar-refractivity contribution in [2.24, 2.45) is 0 Å². The van der Waals surface area contributed by atoms with Gasteiger partial charge in [0.25, 0.3) is 0 Å². The zero-order valence-corrected chi connectivity index (χ0v) is 12.3. The first-order valence-electron chi connectivity index (χ1n) is 7.02. The summed E-state index contributed by atoms with van der Waals surface area (Å²) in [6, 6.07) is 5.40. The SMILES string of the molecule is CCOC(=O)Oc1ccc2c(c1)CN(C(=O)OCC)CC2. The van der Waals surface area contributed by atoms with Crippen LogP contribution in [-0.4, -0.2) is 36.9 Å². The standard InChI is InChI=1S/C15H19NO5/c1-3-19-14(17)16-8-7-11-5-6-13(9-12(11)10-16)21-15(18)20-4-2/h5-6,9H,3-4,7-8,10H2,1-2H3. The maximum absolute atomic E-state index is 11.8. The fourth-order valence-electron chi connectivity index (χ4n) is 2.21. The zero-order chi connectivity index (χ0) is 15.2. The number of amides is 1. The molecule has 1 aromatic carbocycles. The fraction of sp³-hybridized carbons (Fsp3) is 0.467. The van der Waals surface area contributed by atoms with Gasteiger partial charge in [-0.1, -0.05) is 6.07 Å². The van der Waals surface area contributed by atoms with Gasteiger partial charge in [-0.25, -0.2) is 9.59 Å². The Bertz CT molecular complexity index is 529. The lowest BCUT2D eigenvalue weighted by Gasteiger charge is -2.28. The van der Waals surface area contributed by atoms with E-state index in [4.69, 9.17) is 14.2 Å². The first kappa shape index (κ1) is 15.2. The molecule has 0 radical (unpaired) electrons. The molecule has 0 fully saturated rings. The molecule has 1 heterocycles. The molecule has 0 unspecified atom stereocenters. The summed E-state index contributed by atoms with van der Waals surface area (Å²) < 4.78 is 14.8. The Morgan fingerprint density at radius 3 is 2.62 bits per heavy atom. The van der Waals surface area contributed by atoms with E-state index in [2.05, 4.69) is 0 Å². The topological polar surface area (TPSA) is 65.1 Å². The van der Waals surface area contributed by atoms with Crippen LogP contribution >= 0.6 is 0 Å². The first-order valence-corrected chi connectivity index (χ1v) is 7.02. The Morgan fingerprint density at radius 2 is 1.90 bits per heavy atom. The molecular formula is C15H19NO5. The monoisotopic (exact) mass is 293 g/mol. The van der Waals surface area contributed by atoms with Gasteiger partial charge in [0.2, 0.25) is 0 Å². The summed E-state index contributed by atoms with van der Waals surface area (Å²) in [6.07, 6.45) is -0.288. The van der Waals surface area contributed by atoms with Crippen LogP contribution in [0.1, 0.15) is 25.0 Å².